The van der Waals surface area contributed by atoms with E-state index in [1.54, 1.807) is 18.2 Å². The van der Waals surface area contributed by atoms with Gasteiger partial charge in [0.2, 0.25) is 15.9 Å². The van der Waals surface area contributed by atoms with Crippen LogP contribution in [-0.2, 0) is 27.8 Å². The van der Waals surface area contributed by atoms with Gasteiger partial charge in [-0.1, -0.05) is 12.1 Å². The molecule has 0 bridgehead atoms. The van der Waals surface area contributed by atoms with Crippen molar-refractivity contribution in [2.45, 2.75) is 32.2 Å². The van der Waals surface area contributed by atoms with E-state index in [0.29, 0.717) is 24.3 Å². The van der Waals surface area contributed by atoms with E-state index in [1.807, 2.05) is 24.3 Å². The molecule has 30 heavy (non-hydrogen) atoms. The van der Waals surface area contributed by atoms with Crippen molar-refractivity contribution in [3.05, 3.63) is 59.2 Å². The van der Waals surface area contributed by atoms with Crippen LogP contribution >= 0.6 is 0 Å². The molecule has 0 unspecified atom stereocenters. The van der Waals surface area contributed by atoms with Crippen LogP contribution in [0.1, 0.15) is 40.7 Å². The third-order valence-electron chi connectivity index (χ3n) is 5.44. The van der Waals surface area contributed by atoms with E-state index in [0.717, 1.165) is 42.5 Å². The Morgan fingerprint density at radius 2 is 1.83 bits per heavy atom. The van der Waals surface area contributed by atoms with Crippen molar-refractivity contribution in [2.75, 3.05) is 22.4 Å². The summed E-state index contributed by atoms with van der Waals surface area (Å²) >= 11 is 0. The highest BCUT2D eigenvalue weighted by molar-refractivity contribution is 7.92. The van der Waals surface area contributed by atoms with Crippen LogP contribution in [0.3, 0.4) is 0 Å². The Balaban J connectivity index is 1.38. The number of hydrogen-bond donors (Lipinski definition) is 2. The second-order valence-corrected chi connectivity index (χ2v) is 9.83. The fourth-order valence-corrected chi connectivity index (χ4v) is 4.62. The Labute approximate surface area is 176 Å². The number of nitrogens with one attached hydrogen (secondary N) is 2. The van der Waals surface area contributed by atoms with Gasteiger partial charge in [0.25, 0.3) is 5.91 Å². The number of amides is 2. The van der Waals surface area contributed by atoms with Gasteiger partial charge < -0.3 is 10.6 Å². The van der Waals surface area contributed by atoms with Crippen molar-refractivity contribution in [2.24, 2.45) is 5.92 Å². The predicted octanol–water partition coefficient (Wildman–Crippen LogP) is 2.68. The first-order valence-corrected chi connectivity index (χ1v) is 11.9. The highest BCUT2D eigenvalue weighted by Gasteiger charge is 2.29. The van der Waals surface area contributed by atoms with Crippen LogP contribution in [0.2, 0.25) is 0 Å². The maximum atomic E-state index is 12.6. The molecule has 8 heteroatoms. The van der Waals surface area contributed by atoms with E-state index in [-0.39, 0.29) is 17.7 Å². The Morgan fingerprint density at radius 3 is 2.50 bits per heavy atom. The Bertz CT molecular complexity index is 1080. The summed E-state index contributed by atoms with van der Waals surface area (Å²) in [6.07, 6.45) is 4.60. The van der Waals surface area contributed by atoms with Gasteiger partial charge >= 0.3 is 0 Å². The zero-order valence-electron chi connectivity index (χ0n) is 16.8. The number of sulfonamides is 1. The molecule has 1 saturated carbocycles. The lowest BCUT2D eigenvalue weighted by molar-refractivity contribution is -0.117. The standard InChI is InChI=1S/C22H25N3O4S/c1-30(28,29)25-12-2-3-17-13-18(8-11-20(17)25)21(26)23-14-15-4-9-19(10-5-15)24-22(27)16-6-7-16/h4-5,8-11,13,16H,2-3,6-7,12,14H2,1H3,(H,23,26)(H,24,27). The number of carbonyl (C=O) groups excluding carboxylic acids is 2. The smallest absolute Gasteiger partial charge is 0.251 e. The molecule has 1 aliphatic heterocycles. The molecule has 158 valence electrons. The number of aryl methyl sites for hydroxylation is 1. The molecule has 1 aliphatic carbocycles. The lowest BCUT2D eigenvalue weighted by atomic mass is 10.0. The molecule has 2 N–H and O–H groups in total. The van der Waals surface area contributed by atoms with Crippen LogP contribution in [0.25, 0.3) is 0 Å². The minimum Gasteiger partial charge on any atom is -0.348 e. The molecule has 1 fully saturated rings. The highest BCUT2D eigenvalue weighted by Crippen LogP contribution is 2.31. The van der Waals surface area contributed by atoms with Gasteiger partial charge in [-0.2, -0.15) is 0 Å². The fourth-order valence-electron chi connectivity index (χ4n) is 3.63. The fraction of sp³-hybridized carbons (Fsp3) is 0.364. The van der Waals surface area contributed by atoms with E-state index >= 15 is 0 Å². The third kappa shape index (κ3) is 4.64. The largest absolute Gasteiger partial charge is 0.348 e. The molecule has 2 aliphatic rings. The van der Waals surface area contributed by atoms with Crippen molar-refractivity contribution in [1.29, 1.82) is 0 Å². The second-order valence-electron chi connectivity index (χ2n) is 7.93. The van der Waals surface area contributed by atoms with Crippen molar-refractivity contribution < 1.29 is 18.0 Å². The van der Waals surface area contributed by atoms with E-state index < -0.39 is 10.0 Å². The number of anilines is 2. The van der Waals surface area contributed by atoms with Crippen LogP contribution in [-0.4, -0.2) is 33.0 Å². The monoisotopic (exact) mass is 427 g/mol. The Hall–Kier alpha value is -2.87. The number of hydrogen-bond acceptors (Lipinski definition) is 4. The molecule has 2 aromatic carbocycles. The van der Waals surface area contributed by atoms with E-state index in [4.69, 9.17) is 0 Å². The van der Waals surface area contributed by atoms with Crippen LogP contribution in [0.4, 0.5) is 11.4 Å². The van der Waals surface area contributed by atoms with Gasteiger partial charge in [0.15, 0.2) is 0 Å². The lowest BCUT2D eigenvalue weighted by Gasteiger charge is -2.29. The quantitative estimate of drug-likeness (QED) is 0.741. The summed E-state index contributed by atoms with van der Waals surface area (Å²) in [5, 5.41) is 5.79. The van der Waals surface area contributed by atoms with Gasteiger partial charge in [-0.15, -0.1) is 0 Å². The summed E-state index contributed by atoms with van der Waals surface area (Å²) in [5.41, 5.74) is 3.72. The van der Waals surface area contributed by atoms with Crippen LogP contribution in [0.15, 0.2) is 42.5 Å². The molecule has 4 rings (SSSR count). The molecule has 0 aromatic heterocycles. The van der Waals surface area contributed by atoms with Crippen LogP contribution < -0.4 is 14.9 Å². The molecule has 2 aromatic rings. The number of fused-ring (bicyclic) bond motifs is 1. The first-order valence-electron chi connectivity index (χ1n) is 10.1. The maximum Gasteiger partial charge on any atom is 0.251 e. The van der Waals surface area contributed by atoms with Crippen molar-refractivity contribution in [3.8, 4) is 0 Å². The maximum absolute atomic E-state index is 12.6. The predicted molar refractivity (Wildman–Crippen MR) is 116 cm³/mol. The van der Waals surface area contributed by atoms with Gasteiger partial charge in [-0.05, 0) is 67.1 Å². The average molecular weight is 428 g/mol. The minimum atomic E-state index is -3.32. The normalized spacial score (nSPS) is 16.0. The molecule has 0 radical (unpaired) electrons. The van der Waals surface area contributed by atoms with Crippen LogP contribution in [0.5, 0.6) is 0 Å². The van der Waals surface area contributed by atoms with Crippen LogP contribution in [0, 0.1) is 5.92 Å². The van der Waals surface area contributed by atoms with Gasteiger partial charge in [-0.25, -0.2) is 8.42 Å². The van der Waals surface area contributed by atoms with Gasteiger partial charge in [0.1, 0.15) is 0 Å². The summed E-state index contributed by atoms with van der Waals surface area (Å²) in [7, 11) is -3.32. The molecule has 2 amide bonds. The second kappa shape index (κ2) is 8.10. The number of rotatable bonds is 6. The molecule has 1 heterocycles. The highest BCUT2D eigenvalue weighted by atomic mass is 32.2. The molecule has 7 nitrogen and oxygen atoms in total. The number of nitrogens with zero attached hydrogens (tertiary/aromatic N) is 1. The van der Waals surface area contributed by atoms with E-state index in [1.165, 1.54) is 10.6 Å². The Kier molecular flexibility index (Phi) is 5.51. The SMILES string of the molecule is CS(=O)(=O)N1CCCc2cc(C(=O)NCc3ccc(NC(=O)C4CC4)cc3)ccc21. The van der Waals surface area contributed by atoms with Gasteiger partial charge in [0.05, 0.1) is 11.9 Å². The first kappa shape index (κ1) is 20.4. The summed E-state index contributed by atoms with van der Waals surface area (Å²) < 4.78 is 25.3. The van der Waals surface area contributed by atoms with Crippen molar-refractivity contribution in [3.63, 3.8) is 0 Å². The zero-order valence-corrected chi connectivity index (χ0v) is 17.7. The van der Waals surface area contributed by atoms with E-state index in [2.05, 4.69) is 10.6 Å². The molecule has 0 saturated heterocycles. The molecule has 0 atom stereocenters. The molecule has 0 spiro atoms. The number of carbonyl (C=O) groups is 2. The first-order chi connectivity index (χ1) is 14.3. The summed E-state index contributed by atoms with van der Waals surface area (Å²) in [6.45, 7) is 0.830. The summed E-state index contributed by atoms with van der Waals surface area (Å²) in [4.78, 5) is 24.4. The molecular formula is C22H25N3O4S. The topological polar surface area (TPSA) is 95.6 Å². The van der Waals surface area contributed by atoms with Gasteiger partial charge in [0, 0.05) is 30.3 Å². The molecular weight excluding hydrogens is 402 g/mol. The van der Waals surface area contributed by atoms with Gasteiger partial charge in [-0.3, -0.25) is 13.9 Å². The van der Waals surface area contributed by atoms with E-state index in [9.17, 15) is 18.0 Å². The number of benzene rings is 2. The minimum absolute atomic E-state index is 0.0675. The van der Waals surface area contributed by atoms with Crippen molar-refractivity contribution in [1.82, 2.24) is 5.32 Å². The lowest BCUT2D eigenvalue weighted by Crippen LogP contribution is -2.34. The summed E-state index contributed by atoms with van der Waals surface area (Å²) in [5.74, 6) is 0.0170. The summed E-state index contributed by atoms with van der Waals surface area (Å²) in [6, 6.07) is 12.6. The third-order valence-corrected chi connectivity index (χ3v) is 6.62. The Morgan fingerprint density at radius 1 is 1.10 bits per heavy atom. The average Bonchev–Trinajstić information content (AvgIpc) is 3.57. The zero-order chi connectivity index (χ0) is 21.3. The van der Waals surface area contributed by atoms with Crippen molar-refractivity contribution >= 4 is 33.2 Å².